The lowest BCUT2D eigenvalue weighted by atomic mass is 10.2. The molecule has 3 aromatic rings. The van der Waals surface area contributed by atoms with Crippen LogP contribution < -0.4 is 4.74 Å². The number of rotatable bonds is 6. The molecule has 0 radical (unpaired) electrons. The number of aromatic nitrogens is 2. The maximum Gasteiger partial charge on any atom is 0.246 e. The van der Waals surface area contributed by atoms with E-state index in [9.17, 15) is 4.79 Å². The summed E-state index contributed by atoms with van der Waals surface area (Å²) in [5, 5.41) is 0. The van der Waals surface area contributed by atoms with Gasteiger partial charge in [0.05, 0.1) is 29.5 Å². The molecule has 0 aliphatic rings. The zero-order valence-corrected chi connectivity index (χ0v) is 14.9. The number of hydrogen-bond acceptors (Lipinski definition) is 4. The van der Waals surface area contributed by atoms with E-state index < -0.39 is 0 Å². The van der Waals surface area contributed by atoms with Crippen LogP contribution in [-0.4, -0.2) is 41.0 Å². The second-order valence-electron chi connectivity index (χ2n) is 6.04. The summed E-state index contributed by atoms with van der Waals surface area (Å²) >= 11 is 0. The molecule has 3 rings (SSSR count). The largest absolute Gasteiger partial charge is 0.492 e. The molecule has 1 aromatic heterocycles. The highest BCUT2D eigenvalue weighted by Gasteiger charge is 2.05. The van der Waals surface area contributed by atoms with Crippen LogP contribution in [0.15, 0.2) is 60.8 Å². The Bertz CT molecular complexity index is 937. The first-order chi connectivity index (χ1) is 12.6. The van der Waals surface area contributed by atoms with E-state index >= 15 is 0 Å². The standard InChI is InChI=1S/C21H21N3O2/c1-16-6-5-7-18(14-16)26-13-12-24(2)21(25)11-10-17-15-22-19-8-3-4-9-20(19)23-17/h3-11,14-15H,12-13H2,1-2H3/b11-10+. The molecule has 0 aliphatic heterocycles. The monoisotopic (exact) mass is 347 g/mol. The van der Waals surface area contributed by atoms with E-state index in [1.807, 2.05) is 55.5 Å². The Kier molecular flexibility index (Phi) is 5.59. The average molecular weight is 347 g/mol. The molecule has 0 unspecified atom stereocenters. The topological polar surface area (TPSA) is 55.3 Å². The Morgan fingerprint density at radius 1 is 1.15 bits per heavy atom. The maximum absolute atomic E-state index is 12.2. The number of carbonyl (C=O) groups is 1. The molecule has 0 saturated heterocycles. The molecule has 0 spiro atoms. The highest BCUT2D eigenvalue weighted by atomic mass is 16.5. The van der Waals surface area contributed by atoms with E-state index in [0.29, 0.717) is 18.8 Å². The molecule has 0 saturated carbocycles. The molecule has 26 heavy (non-hydrogen) atoms. The van der Waals surface area contributed by atoms with Crippen LogP contribution in [0.25, 0.3) is 17.1 Å². The molecule has 0 bridgehead atoms. The third-order valence-corrected chi connectivity index (χ3v) is 3.93. The normalized spacial score (nSPS) is 11.0. The summed E-state index contributed by atoms with van der Waals surface area (Å²) in [4.78, 5) is 22.6. The fraction of sp³-hybridized carbons (Fsp3) is 0.190. The number of aryl methyl sites for hydroxylation is 1. The van der Waals surface area contributed by atoms with Gasteiger partial charge in [-0.15, -0.1) is 0 Å². The lowest BCUT2D eigenvalue weighted by Crippen LogP contribution is -2.29. The van der Waals surface area contributed by atoms with Crippen molar-refractivity contribution in [3.8, 4) is 5.75 Å². The predicted octanol–water partition coefficient (Wildman–Crippen LogP) is 3.49. The fourth-order valence-electron chi connectivity index (χ4n) is 2.45. The van der Waals surface area contributed by atoms with Crippen LogP contribution in [0, 0.1) is 6.92 Å². The third-order valence-electron chi connectivity index (χ3n) is 3.93. The zero-order valence-electron chi connectivity index (χ0n) is 14.9. The van der Waals surface area contributed by atoms with Crippen molar-refractivity contribution in [3.05, 3.63) is 72.1 Å². The van der Waals surface area contributed by atoms with Crippen molar-refractivity contribution < 1.29 is 9.53 Å². The first-order valence-corrected chi connectivity index (χ1v) is 8.46. The summed E-state index contributed by atoms with van der Waals surface area (Å²) in [7, 11) is 1.75. The van der Waals surface area contributed by atoms with Crippen molar-refractivity contribution >= 4 is 23.0 Å². The number of benzene rings is 2. The minimum atomic E-state index is -0.104. The molecule has 0 fully saturated rings. The van der Waals surface area contributed by atoms with Crippen LogP contribution in [0.2, 0.25) is 0 Å². The molecule has 0 N–H and O–H groups in total. The second kappa shape index (κ2) is 8.25. The Morgan fingerprint density at radius 3 is 2.77 bits per heavy atom. The Morgan fingerprint density at radius 2 is 1.96 bits per heavy atom. The molecule has 132 valence electrons. The molecular formula is C21H21N3O2. The van der Waals surface area contributed by atoms with Gasteiger partial charge in [0.1, 0.15) is 12.4 Å². The Labute approximate surface area is 153 Å². The quantitative estimate of drug-likeness (QED) is 0.641. The van der Waals surface area contributed by atoms with E-state index in [2.05, 4.69) is 9.97 Å². The highest BCUT2D eigenvalue weighted by molar-refractivity contribution is 5.91. The minimum absolute atomic E-state index is 0.104. The predicted molar refractivity (Wildman–Crippen MR) is 103 cm³/mol. The van der Waals surface area contributed by atoms with Crippen molar-refractivity contribution in [1.29, 1.82) is 0 Å². The van der Waals surface area contributed by atoms with Gasteiger partial charge in [0, 0.05) is 13.1 Å². The number of amides is 1. The van der Waals surface area contributed by atoms with E-state index in [4.69, 9.17) is 4.74 Å². The van der Waals surface area contributed by atoms with Gasteiger partial charge in [0.25, 0.3) is 0 Å². The lowest BCUT2D eigenvalue weighted by Gasteiger charge is -2.15. The summed E-state index contributed by atoms with van der Waals surface area (Å²) < 4.78 is 5.68. The fourth-order valence-corrected chi connectivity index (χ4v) is 2.45. The Balaban J connectivity index is 1.53. The van der Waals surface area contributed by atoms with Gasteiger partial charge in [-0.25, -0.2) is 4.98 Å². The zero-order chi connectivity index (χ0) is 18.4. The summed E-state index contributed by atoms with van der Waals surface area (Å²) in [6.45, 7) is 2.96. The van der Waals surface area contributed by atoms with Crippen molar-refractivity contribution in [3.63, 3.8) is 0 Å². The molecule has 1 amide bonds. The summed E-state index contributed by atoms with van der Waals surface area (Å²) in [6, 6.07) is 15.5. The maximum atomic E-state index is 12.2. The van der Waals surface area contributed by atoms with Gasteiger partial charge < -0.3 is 9.64 Å². The van der Waals surface area contributed by atoms with Crippen LogP contribution in [0.4, 0.5) is 0 Å². The molecule has 0 aliphatic carbocycles. The van der Waals surface area contributed by atoms with Gasteiger partial charge >= 0.3 is 0 Å². The first kappa shape index (κ1) is 17.6. The number of carbonyl (C=O) groups excluding carboxylic acids is 1. The van der Waals surface area contributed by atoms with Gasteiger partial charge in [0.2, 0.25) is 5.91 Å². The number of nitrogens with zero attached hydrogens (tertiary/aromatic N) is 3. The van der Waals surface area contributed by atoms with Crippen molar-refractivity contribution in [1.82, 2.24) is 14.9 Å². The number of ether oxygens (including phenoxy) is 1. The van der Waals surface area contributed by atoms with Crippen LogP contribution in [-0.2, 0) is 4.79 Å². The van der Waals surface area contributed by atoms with E-state index in [1.165, 1.54) is 6.08 Å². The number of fused-ring (bicyclic) bond motifs is 1. The van der Waals surface area contributed by atoms with Crippen molar-refractivity contribution in [2.45, 2.75) is 6.92 Å². The summed E-state index contributed by atoms with van der Waals surface area (Å²) in [6.07, 6.45) is 4.85. The second-order valence-corrected chi connectivity index (χ2v) is 6.04. The van der Waals surface area contributed by atoms with Gasteiger partial charge in [-0.1, -0.05) is 24.3 Å². The van der Waals surface area contributed by atoms with Crippen molar-refractivity contribution in [2.24, 2.45) is 0 Å². The van der Waals surface area contributed by atoms with Crippen LogP contribution >= 0.6 is 0 Å². The van der Waals surface area contributed by atoms with E-state index in [0.717, 1.165) is 22.3 Å². The van der Waals surface area contributed by atoms with E-state index in [-0.39, 0.29) is 5.91 Å². The van der Waals surface area contributed by atoms with Crippen LogP contribution in [0.5, 0.6) is 5.75 Å². The molecule has 1 heterocycles. The molecule has 0 atom stereocenters. The molecule has 5 nitrogen and oxygen atoms in total. The van der Waals surface area contributed by atoms with Gasteiger partial charge in [0.15, 0.2) is 0 Å². The molecule has 2 aromatic carbocycles. The summed E-state index contributed by atoms with van der Waals surface area (Å²) in [5.74, 6) is 0.709. The van der Waals surface area contributed by atoms with E-state index in [1.54, 1.807) is 24.2 Å². The summed E-state index contributed by atoms with van der Waals surface area (Å²) in [5.41, 5.74) is 3.44. The smallest absolute Gasteiger partial charge is 0.246 e. The minimum Gasteiger partial charge on any atom is -0.492 e. The third kappa shape index (κ3) is 4.66. The van der Waals surface area contributed by atoms with Crippen LogP contribution in [0.3, 0.4) is 0 Å². The SMILES string of the molecule is Cc1cccc(OCCN(C)C(=O)/C=C/c2cnc3ccccc3n2)c1. The lowest BCUT2D eigenvalue weighted by molar-refractivity contribution is -0.125. The Hall–Kier alpha value is -3.21. The molecular weight excluding hydrogens is 326 g/mol. The van der Waals surface area contributed by atoms with Gasteiger partial charge in [-0.2, -0.15) is 0 Å². The average Bonchev–Trinajstić information content (AvgIpc) is 2.66. The highest BCUT2D eigenvalue weighted by Crippen LogP contribution is 2.12. The van der Waals surface area contributed by atoms with Gasteiger partial charge in [-0.3, -0.25) is 9.78 Å². The number of hydrogen-bond donors (Lipinski definition) is 0. The van der Waals surface area contributed by atoms with Crippen molar-refractivity contribution in [2.75, 3.05) is 20.2 Å². The number of likely N-dealkylation sites (N-methyl/N-ethyl adjacent to an activating group) is 1. The molecule has 5 heteroatoms. The first-order valence-electron chi connectivity index (χ1n) is 8.46. The van der Waals surface area contributed by atoms with Crippen LogP contribution in [0.1, 0.15) is 11.3 Å². The van der Waals surface area contributed by atoms with Gasteiger partial charge in [-0.05, 0) is 42.8 Å². The number of para-hydroxylation sites is 2.